The maximum atomic E-state index is 10.1. The molecule has 0 amide bonds. The monoisotopic (exact) mass is 381 g/mol. The van der Waals surface area contributed by atoms with Crippen LogP contribution in [0.3, 0.4) is 0 Å². The Morgan fingerprint density at radius 1 is 1.30 bits per heavy atom. The minimum atomic E-state index is 0.125. The van der Waals surface area contributed by atoms with Gasteiger partial charge in [0.15, 0.2) is 11.5 Å². The number of para-hydroxylation sites is 1. The first-order chi connectivity index (χ1) is 9.61. The largest absolute Gasteiger partial charge is 0.504 e. The third-order valence-corrected chi connectivity index (χ3v) is 4.00. The van der Waals surface area contributed by atoms with E-state index in [-0.39, 0.29) is 5.75 Å². The van der Waals surface area contributed by atoms with Crippen molar-refractivity contribution in [3.63, 3.8) is 0 Å². The van der Waals surface area contributed by atoms with Crippen molar-refractivity contribution in [1.29, 1.82) is 0 Å². The standard InChI is InChI=1S/C16H16INO2/c1-3-20-15-6-4-5-12(16(15)19)10-18-13-8-7-11(2)14(17)9-13/h4-10,19H,3H2,1-2H3. The number of halogens is 1. The minimum absolute atomic E-state index is 0.125. The van der Waals surface area contributed by atoms with Gasteiger partial charge in [-0.05, 0) is 66.3 Å². The first-order valence-corrected chi connectivity index (χ1v) is 7.44. The van der Waals surface area contributed by atoms with Crippen LogP contribution in [0.2, 0.25) is 0 Å². The van der Waals surface area contributed by atoms with E-state index in [4.69, 9.17) is 4.74 Å². The molecule has 0 aliphatic heterocycles. The molecule has 2 aromatic carbocycles. The summed E-state index contributed by atoms with van der Waals surface area (Å²) in [5.41, 5.74) is 2.73. The van der Waals surface area contributed by atoms with Gasteiger partial charge in [0, 0.05) is 15.3 Å². The van der Waals surface area contributed by atoms with Crippen molar-refractivity contribution in [1.82, 2.24) is 0 Å². The molecule has 0 fully saturated rings. The van der Waals surface area contributed by atoms with Crippen LogP contribution in [0.5, 0.6) is 11.5 Å². The molecular formula is C16H16INO2. The quantitative estimate of drug-likeness (QED) is 0.628. The van der Waals surface area contributed by atoms with E-state index in [9.17, 15) is 5.11 Å². The van der Waals surface area contributed by atoms with Crippen LogP contribution >= 0.6 is 22.6 Å². The molecule has 104 valence electrons. The average molecular weight is 381 g/mol. The number of nitrogens with zero attached hydrogens (tertiary/aromatic N) is 1. The molecule has 0 spiro atoms. The smallest absolute Gasteiger partial charge is 0.166 e. The summed E-state index contributed by atoms with van der Waals surface area (Å²) < 4.78 is 6.52. The molecule has 0 saturated heterocycles. The number of phenols is 1. The van der Waals surface area contributed by atoms with Crippen LogP contribution in [0.1, 0.15) is 18.1 Å². The second-order valence-corrected chi connectivity index (χ2v) is 5.48. The van der Waals surface area contributed by atoms with Crippen LogP contribution in [0.4, 0.5) is 5.69 Å². The molecule has 1 N–H and O–H groups in total. The summed E-state index contributed by atoms with van der Waals surface area (Å²) in [5.74, 6) is 0.606. The lowest BCUT2D eigenvalue weighted by Crippen LogP contribution is -1.93. The van der Waals surface area contributed by atoms with Gasteiger partial charge >= 0.3 is 0 Å². The van der Waals surface area contributed by atoms with Gasteiger partial charge in [-0.1, -0.05) is 12.1 Å². The molecule has 4 heteroatoms. The molecule has 0 aliphatic carbocycles. The number of rotatable bonds is 4. The molecular weight excluding hydrogens is 365 g/mol. The third-order valence-electron chi connectivity index (χ3n) is 2.84. The Morgan fingerprint density at radius 2 is 2.10 bits per heavy atom. The van der Waals surface area contributed by atoms with Crippen LogP contribution in [-0.4, -0.2) is 17.9 Å². The van der Waals surface area contributed by atoms with Crippen molar-refractivity contribution in [3.05, 3.63) is 51.1 Å². The molecule has 0 aromatic heterocycles. The predicted molar refractivity (Wildman–Crippen MR) is 90.4 cm³/mol. The van der Waals surface area contributed by atoms with Gasteiger partial charge in [-0.25, -0.2) is 0 Å². The number of hydrogen-bond donors (Lipinski definition) is 1. The van der Waals surface area contributed by atoms with Crippen molar-refractivity contribution < 1.29 is 9.84 Å². The number of benzene rings is 2. The van der Waals surface area contributed by atoms with E-state index in [2.05, 4.69) is 34.5 Å². The van der Waals surface area contributed by atoms with Crippen LogP contribution < -0.4 is 4.74 Å². The van der Waals surface area contributed by atoms with E-state index >= 15 is 0 Å². The minimum Gasteiger partial charge on any atom is -0.504 e. The lowest BCUT2D eigenvalue weighted by Gasteiger charge is -2.07. The van der Waals surface area contributed by atoms with Crippen molar-refractivity contribution in [3.8, 4) is 11.5 Å². The van der Waals surface area contributed by atoms with Crippen molar-refractivity contribution in [2.75, 3.05) is 6.61 Å². The van der Waals surface area contributed by atoms with Gasteiger partial charge in [0.2, 0.25) is 0 Å². The normalized spacial score (nSPS) is 10.9. The summed E-state index contributed by atoms with van der Waals surface area (Å²) in [5, 5.41) is 10.1. The van der Waals surface area contributed by atoms with Crippen molar-refractivity contribution >= 4 is 34.5 Å². The average Bonchev–Trinajstić information content (AvgIpc) is 2.44. The zero-order valence-electron chi connectivity index (χ0n) is 11.4. The highest BCUT2D eigenvalue weighted by atomic mass is 127. The zero-order chi connectivity index (χ0) is 14.5. The third kappa shape index (κ3) is 3.50. The van der Waals surface area contributed by atoms with Gasteiger partial charge in [-0.2, -0.15) is 0 Å². The summed E-state index contributed by atoms with van der Waals surface area (Å²) >= 11 is 2.28. The molecule has 20 heavy (non-hydrogen) atoms. The Bertz CT molecular complexity index is 638. The number of aryl methyl sites for hydroxylation is 1. The molecule has 0 bridgehead atoms. The fourth-order valence-electron chi connectivity index (χ4n) is 1.72. The van der Waals surface area contributed by atoms with E-state index in [1.54, 1.807) is 18.3 Å². The van der Waals surface area contributed by atoms with E-state index in [0.717, 1.165) is 5.69 Å². The highest BCUT2D eigenvalue weighted by molar-refractivity contribution is 14.1. The van der Waals surface area contributed by atoms with Gasteiger partial charge in [-0.3, -0.25) is 4.99 Å². The number of hydrogen-bond acceptors (Lipinski definition) is 3. The van der Waals surface area contributed by atoms with Gasteiger partial charge < -0.3 is 9.84 Å². The zero-order valence-corrected chi connectivity index (χ0v) is 13.6. The van der Waals surface area contributed by atoms with E-state index < -0.39 is 0 Å². The van der Waals surface area contributed by atoms with Gasteiger partial charge in [0.05, 0.1) is 12.3 Å². The number of ether oxygens (including phenoxy) is 1. The molecule has 2 aromatic rings. The lowest BCUT2D eigenvalue weighted by atomic mass is 10.2. The molecule has 0 saturated carbocycles. The first-order valence-electron chi connectivity index (χ1n) is 6.37. The number of phenolic OH excluding ortho intramolecular Hbond substituents is 1. The van der Waals surface area contributed by atoms with Crippen LogP contribution in [-0.2, 0) is 0 Å². The maximum Gasteiger partial charge on any atom is 0.166 e. The van der Waals surface area contributed by atoms with Gasteiger partial charge in [0.25, 0.3) is 0 Å². The molecule has 0 unspecified atom stereocenters. The Labute approximate surface area is 132 Å². The molecule has 0 aliphatic rings. The molecule has 2 rings (SSSR count). The highest BCUT2D eigenvalue weighted by Crippen LogP contribution is 2.29. The Morgan fingerprint density at radius 3 is 2.80 bits per heavy atom. The van der Waals surface area contributed by atoms with Gasteiger partial charge in [-0.15, -0.1) is 0 Å². The predicted octanol–water partition coefficient (Wildman–Crippen LogP) is 4.45. The molecule has 0 atom stereocenters. The van der Waals surface area contributed by atoms with E-state index in [0.29, 0.717) is 17.9 Å². The van der Waals surface area contributed by atoms with Crippen LogP contribution in [0.15, 0.2) is 41.4 Å². The van der Waals surface area contributed by atoms with Crippen molar-refractivity contribution in [2.45, 2.75) is 13.8 Å². The number of aliphatic imine (C=N–C) groups is 1. The molecule has 0 heterocycles. The van der Waals surface area contributed by atoms with Crippen molar-refractivity contribution in [2.24, 2.45) is 4.99 Å². The second-order valence-electron chi connectivity index (χ2n) is 4.32. The fraction of sp³-hybridized carbons (Fsp3) is 0.188. The summed E-state index contributed by atoms with van der Waals surface area (Å²) in [6.45, 7) is 4.46. The Kier molecular flexibility index (Phi) is 5.00. The van der Waals surface area contributed by atoms with E-state index in [1.807, 2.05) is 31.2 Å². The second kappa shape index (κ2) is 6.74. The topological polar surface area (TPSA) is 41.8 Å². The summed E-state index contributed by atoms with van der Waals surface area (Å²) in [7, 11) is 0. The van der Waals surface area contributed by atoms with Crippen LogP contribution in [0.25, 0.3) is 0 Å². The maximum absolute atomic E-state index is 10.1. The summed E-state index contributed by atoms with van der Waals surface area (Å²) in [6, 6.07) is 11.4. The Hall–Kier alpha value is -1.56. The van der Waals surface area contributed by atoms with Crippen LogP contribution in [0, 0.1) is 10.5 Å². The fourth-order valence-corrected chi connectivity index (χ4v) is 2.22. The summed E-state index contributed by atoms with van der Waals surface area (Å²) in [6.07, 6.45) is 1.65. The first kappa shape index (κ1) is 14.8. The highest BCUT2D eigenvalue weighted by Gasteiger charge is 2.05. The van der Waals surface area contributed by atoms with E-state index in [1.165, 1.54) is 9.13 Å². The summed E-state index contributed by atoms with van der Waals surface area (Å²) in [4.78, 5) is 4.40. The lowest BCUT2D eigenvalue weighted by molar-refractivity contribution is 0.318. The number of aromatic hydroxyl groups is 1. The Balaban J connectivity index is 2.27. The molecule has 3 nitrogen and oxygen atoms in total. The SMILES string of the molecule is CCOc1cccc(C=Nc2ccc(C)c(I)c2)c1O. The van der Waals surface area contributed by atoms with Gasteiger partial charge in [0.1, 0.15) is 0 Å². The molecule has 0 radical (unpaired) electrons.